The maximum atomic E-state index is 5.28. The van der Waals surface area contributed by atoms with Crippen LogP contribution in [-0.4, -0.2) is 19.2 Å². The molecule has 0 fully saturated rings. The molecule has 0 heterocycles. The molecule has 2 nitrogen and oxygen atoms in total. The van der Waals surface area contributed by atoms with Crippen molar-refractivity contribution in [2.45, 2.75) is 46.1 Å². The molecule has 0 aliphatic rings. The minimum atomic E-state index is 0.183. The molecule has 1 aromatic rings. The fourth-order valence-corrected chi connectivity index (χ4v) is 1.90. The summed E-state index contributed by atoms with van der Waals surface area (Å²) in [6, 6.07) is 8.38. The second kappa shape index (κ2) is 6.24. The zero-order valence-corrected chi connectivity index (χ0v) is 12.6. The largest absolute Gasteiger partial charge is 0.497 e. The first kappa shape index (κ1) is 15.0. The van der Waals surface area contributed by atoms with E-state index in [1.165, 1.54) is 5.56 Å². The highest BCUT2D eigenvalue weighted by Crippen LogP contribution is 2.26. The van der Waals surface area contributed by atoms with Gasteiger partial charge in [-0.3, -0.25) is 0 Å². The minimum Gasteiger partial charge on any atom is -0.497 e. The summed E-state index contributed by atoms with van der Waals surface area (Å²) in [5.74, 6) is 2.06. The molecule has 0 radical (unpaired) electrons. The van der Waals surface area contributed by atoms with Crippen molar-refractivity contribution in [1.29, 1.82) is 0 Å². The van der Waals surface area contributed by atoms with Crippen LogP contribution in [0.15, 0.2) is 24.3 Å². The summed E-state index contributed by atoms with van der Waals surface area (Å²) >= 11 is 0. The molecule has 0 aromatic heterocycles. The van der Waals surface area contributed by atoms with E-state index < -0.39 is 0 Å². The fraction of sp³-hybridized carbons (Fsp3) is 0.625. The van der Waals surface area contributed by atoms with Gasteiger partial charge in [-0.15, -0.1) is 0 Å². The van der Waals surface area contributed by atoms with Gasteiger partial charge in [0.2, 0.25) is 0 Å². The summed E-state index contributed by atoms with van der Waals surface area (Å²) in [5, 5.41) is 3.57. The molecule has 1 aromatic carbocycles. The summed E-state index contributed by atoms with van der Waals surface area (Å²) < 4.78 is 5.28. The first-order valence-electron chi connectivity index (χ1n) is 6.72. The van der Waals surface area contributed by atoms with E-state index in [-0.39, 0.29) is 5.54 Å². The molecule has 0 bridgehead atoms. The average Bonchev–Trinajstić information content (AvgIpc) is 2.34. The molecular formula is C16H27NO. The van der Waals surface area contributed by atoms with Crippen LogP contribution in [0.3, 0.4) is 0 Å². The van der Waals surface area contributed by atoms with E-state index in [0.717, 1.165) is 12.3 Å². The molecule has 0 aliphatic carbocycles. The van der Waals surface area contributed by atoms with Crippen LogP contribution >= 0.6 is 0 Å². The summed E-state index contributed by atoms with van der Waals surface area (Å²) in [4.78, 5) is 0. The molecule has 102 valence electrons. The number of rotatable bonds is 5. The number of hydrogen-bond acceptors (Lipinski definition) is 2. The lowest BCUT2D eigenvalue weighted by Gasteiger charge is -2.27. The highest BCUT2D eigenvalue weighted by atomic mass is 16.5. The molecule has 1 rings (SSSR count). The SMILES string of the molecule is COc1cccc(C(C)C(C)CNC(C)(C)C)c1. The number of ether oxygens (including phenoxy) is 1. The Morgan fingerprint density at radius 3 is 2.44 bits per heavy atom. The van der Waals surface area contributed by atoms with Gasteiger partial charge in [-0.2, -0.15) is 0 Å². The van der Waals surface area contributed by atoms with E-state index in [2.05, 4.69) is 58.1 Å². The van der Waals surface area contributed by atoms with E-state index in [0.29, 0.717) is 11.8 Å². The van der Waals surface area contributed by atoms with Crippen LogP contribution in [0.1, 0.15) is 46.1 Å². The van der Waals surface area contributed by atoms with Gasteiger partial charge >= 0.3 is 0 Å². The first-order chi connectivity index (χ1) is 8.33. The lowest BCUT2D eigenvalue weighted by molar-refractivity contribution is 0.358. The van der Waals surface area contributed by atoms with Crippen LogP contribution < -0.4 is 10.1 Å². The van der Waals surface area contributed by atoms with Gasteiger partial charge < -0.3 is 10.1 Å². The van der Waals surface area contributed by atoms with Crippen molar-refractivity contribution in [1.82, 2.24) is 5.32 Å². The molecule has 2 heteroatoms. The zero-order valence-electron chi connectivity index (χ0n) is 12.6. The number of methoxy groups -OCH3 is 1. The molecular weight excluding hydrogens is 222 g/mol. The molecule has 0 saturated heterocycles. The second-order valence-electron chi connectivity index (χ2n) is 6.17. The molecule has 0 saturated carbocycles. The standard InChI is InChI=1S/C16H27NO/c1-12(11-17-16(3,4)5)13(2)14-8-7-9-15(10-14)18-6/h7-10,12-13,17H,11H2,1-6H3. The van der Waals surface area contributed by atoms with Gasteiger partial charge in [-0.25, -0.2) is 0 Å². The first-order valence-corrected chi connectivity index (χ1v) is 6.72. The Morgan fingerprint density at radius 1 is 1.22 bits per heavy atom. The van der Waals surface area contributed by atoms with Crippen LogP contribution in [0.5, 0.6) is 5.75 Å². The van der Waals surface area contributed by atoms with Gasteiger partial charge in [-0.05, 0) is 56.8 Å². The Morgan fingerprint density at radius 2 is 1.89 bits per heavy atom. The van der Waals surface area contributed by atoms with Crippen LogP contribution in [0.25, 0.3) is 0 Å². The second-order valence-corrected chi connectivity index (χ2v) is 6.17. The van der Waals surface area contributed by atoms with Gasteiger partial charge in [0.05, 0.1) is 7.11 Å². The predicted molar refractivity (Wildman–Crippen MR) is 78.3 cm³/mol. The summed E-state index contributed by atoms with van der Waals surface area (Å²) in [6.07, 6.45) is 0. The molecule has 1 N–H and O–H groups in total. The maximum absolute atomic E-state index is 5.28. The van der Waals surface area contributed by atoms with Crippen LogP contribution in [0, 0.1) is 5.92 Å². The lowest BCUT2D eigenvalue weighted by atomic mass is 9.88. The number of benzene rings is 1. The molecule has 0 aliphatic heterocycles. The van der Waals surface area contributed by atoms with Crippen molar-refractivity contribution in [3.8, 4) is 5.75 Å². The zero-order chi connectivity index (χ0) is 13.8. The molecule has 0 amide bonds. The van der Waals surface area contributed by atoms with Gasteiger partial charge in [0.1, 0.15) is 5.75 Å². The Bertz CT molecular complexity index is 368. The fourth-order valence-electron chi connectivity index (χ4n) is 1.90. The third-order valence-electron chi connectivity index (χ3n) is 3.43. The smallest absolute Gasteiger partial charge is 0.119 e. The Kier molecular flexibility index (Phi) is 5.21. The summed E-state index contributed by atoms with van der Waals surface area (Å²) in [7, 11) is 1.72. The Labute approximate surface area is 112 Å². The third kappa shape index (κ3) is 4.69. The monoisotopic (exact) mass is 249 g/mol. The molecule has 18 heavy (non-hydrogen) atoms. The molecule has 0 spiro atoms. The Hall–Kier alpha value is -1.02. The van der Waals surface area contributed by atoms with Crippen molar-refractivity contribution in [2.24, 2.45) is 5.92 Å². The maximum Gasteiger partial charge on any atom is 0.119 e. The number of hydrogen-bond donors (Lipinski definition) is 1. The van der Waals surface area contributed by atoms with Crippen molar-refractivity contribution in [2.75, 3.05) is 13.7 Å². The lowest BCUT2D eigenvalue weighted by Crippen LogP contribution is -2.39. The van der Waals surface area contributed by atoms with Crippen molar-refractivity contribution < 1.29 is 4.74 Å². The van der Waals surface area contributed by atoms with Crippen molar-refractivity contribution in [3.63, 3.8) is 0 Å². The summed E-state index contributed by atoms with van der Waals surface area (Å²) in [5.41, 5.74) is 1.53. The van der Waals surface area contributed by atoms with Crippen molar-refractivity contribution >= 4 is 0 Å². The third-order valence-corrected chi connectivity index (χ3v) is 3.43. The Balaban J connectivity index is 2.64. The molecule has 2 unspecified atom stereocenters. The highest BCUT2D eigenvalue weighted by Gasteiger charge is 2.17. The van der Waals surface area contributed by atoms with Crippen molar-refractivity contribution in [3.05, 3.63) is 29.8 Å². The van der Waals surface area contributed by atoms with Gasteiger partial charge in [0.15, 0.2) is 0 Å². The van der Waals surface area contributed by atoms with Gasteiger partial charge in [-0.1, -0.05) is 26.0 Å². The molecule has 2 atom stereocenters. The normalized spacial score (nSPS) is 15.2. The predicted octanol–water partition coefficient (Wildman–Crippen LogP) is 3.82. The van der Waals surface area contributed by atoms with Crippen LogP contribution in [-0.2, 0) is 0 Å². The highest BCUT2D eigenvalue weighted by molar-refractivity contribution is 5.30. The summed E-state index contributed by atoms with van der Waals surface area (Å²) in [6.45, 7) is 12.2. The van der Waals surface area contributed by atoms with E-state index in [9.17, 15) is 0 Å². The van der Waals surface area contributed by atoms with Gasteiger partial charge in [0, 0.05) is 5.54 Å². The average molecular weight is 249 g/mol. The van der Waals surface area contributed by atoms with E-state index in [4.69, 9.17) is 4.74 Å². The van der Waals surface area contributed by atoms with Crippen LogP contribution in [0.2, 0.25) is 0 Å². The number of nitrogens with one attached hydrogen (secondary N) is 1. The minimum absolute atomic E-state index is 0.183. The van der Waals surface area contributed by atoms with Gasteiger partial charge in [0.25, 0.3) is 0 Å². The van der Waals surface area contributed by atoms with Crippen LogP contribution in [0.4, 0.5) is 0 Å². The topological polar surface area (TPSA) is 21.3 Å². The van der Waals surface area contributed by atoms with E-state index >= 15 is 0 Å². The van der Waals surface area contributed by atoms with E-state index in [1.54, 1.807) is 7.11 Å². The quantitative estimate of drug-likeness (QED) is 0.856. The van der Waals surface area contributed by atoms with E-state index in [1.807, 2.05) is 6.07 Å².